The van der Waals surface area contributed by atoms with Crippen molar-refractivity contribution in [2.75, 3.05) is 0 Å². The number of benzene rings is 1. The number of H-pyrrole nitrogens is 1. The normalized spacial score (nSPS) is 19.6. The fourth-order valence-electron chi connectivity index (χ4n) is 2.70. The van der Waals surface area contributed by atoms with Gasteiger partial charge in [-0.05, 0) is 47.0 Å². The molecule has 1 saturated heterocycles. The first-order valence-corrected chi connectivity index (χ1v) is 7.69. The highest BCUT2D eigenvalue weighted by molar-refractivity contribution is 6.62. The van der Waals surface area contributed by atoms with E-state index in [9.17, 15) is 0 Å². The van der Waals surface area contributed by atoms with Crippen LogP contribution >= 0.6 is 0 Å². The Balaban J connectivity index is 1.95. The monoisotopic (exact) mass is 298 g/mol. The molecular formula is C17H23BN2O2. The van der Waals surface area contributed by atoms with Crippen LogP contribution in [0.2, 0.25) is 0 Å². The molecule has 0 saturated carbocycles. The molecule has 116 valence electrons. The molecule has 1 aliphatic rings. The van der Waals surface area contributed by atoms with Crippen LogP contribution in [0.25, 0.3) is 11.3 Å². The summed E-state index contributed by atoms with van der Waals surface area (Å²) in [6.07, 6.45) is 0. The van der Waals surface area contributed by atoms with E-state index in [1.54, 1.807) is 0 Å². The number of aromatic amines is 1. The molecular weight excluding hydrogens is 275 g/mol. The molecule has 0 unspecified atom stereocenters. The van der Waals surface area contributed by atoms with Gasteiger partial charge < -0.3 is 14.3 Å². The van der Waals surface area contributed by atoms with Crippen LogP contribution in [0.3, 0.4) is 0 Å². The molecule has 1 aromatic carbocycles. The van der Waals surface area contributed by atoms with Gasteiger partial charge in [0.2, 0.25) is 0 Å². The molecule has 0 radical (unpaired) electrons. The Bertz CT molecular complexity index is 690. The third-order valence-electron chi connectivity index (χ3n) is 4.69. The Morgan fingerprint density at radius 1 is 1.05 bits per heavy atom. The fourth-order valence-corrected chi connectivity index (χ4v) is 2.70. The third-order valence-corrected chi connectivity index (χ3v) is 4.69. The molecule has 1 fully saturated rings. The number of aromatic nitrogens is 2. The van der Waals surface area contributed by atoms with Gasteiger partial charge in [0.1, 0.15) is 5.82 Å². The minimum atomic E-state index is -0.342. The number of rotatable bonds is 2. The smallest absolute Gasteiger partial charge is 0.399 e. The third kappa shape index (κ3) is 2.48. The standard InChI is InChI=1S/C17H23BN2O2/c1-11-15(20-12(2)19-11)13-8-7-9-14(10-13)18-21-16(3,4)17(5,6)22-18/h7-10H,1-6H3,(H,19,20). The van der Waals surface area contributed by atoms with Crippen molar-refractivity contribution < 1.29 is 9.31 Å². The highest BCUT2D eigenvalue weighted by Gasteiger charge is 2.51. The van der Waals surface area contributed by atoms with Gasteiger partial charge >= 0.3 is 7.12 Å². The first-order chi connectivity index (χ1) is 10.2. The average Bonchev–Trinajstić information content (AvgIpc) is 2.86. The second-order valence-electron chi connectivity index (χ2n) is 7.01. The molecule has 22 heavy (non-hydrogen) atoms. The second-order valence-corrected chi connectivity index (χ2v) is 7.01. The maximum absolute atomic E-state index is 6.13. The Hall–Kier alpha value is -1.59. The summed E-state index contributed by atoms with van der Waals surface area (Å²) in [5, 5.41) is 0. The summed E-state index contributed by atoms with van der Waals surface area (Å²) < 4.78 is 12.3. The fraction of sp³-hybridized carbons (Fsp3) is 0.471. The Labute approximate surface area is 132 Å². The van der Waals surface area contributed by atoms with Crippen LogP contribution in [0.4, 0.5) is 0 Å². The van der Waals surface area contributed by atoms with E-state index in [1.165, 1.54) is 0 Å². The molecule has 1 aliphatic heterocycles. The maximum Gasteiger partial charge on any atom is 0.494 e. The predicted octanol–water partition coefficient (Wildman–Crippen LogP) is 2.99. The molecule has 2 heterocycles. The molecule has 1 aromatic heterocycles. The number of nitrogens with one attached hydrogen (secondary N) is 1. The number of hydrogen-bond donors (Lipinski definition) is 1. The van der Waals surface area contributed by atoms with Gasteiger partial charge in [0.05, 0.1) is 16.9 Å². The van der Waals surface area contributed by atoms with Crippen LogP contribution in [0.5, 0.6) is 0 Å². The van der Waals surface area contributed by atoms with E-state index < -0.39 is 0 Å². The summed E-state index contributed by atoms with van der Waals surface area (Å²) in [7, 11) is -0.342. The minimum Gasteiger partial charge on any atom is -0.399 e. The van der Waals surface area contributed by atoms with Gasteiger partial charge in [-0.15, -0.1) is 0 Å². The Kier molecular flexibility index (Phi) is 3.46. The van der Waals surface area contributed by atoms with Crippen LogP contribution in [0.15, 0.2) is 24.3 Å². The highest BCUT2D eigenvalue weighted by Crippen LogP contribution is 2.36. The summed E-state index contributed by atoms with van der Waals surface area (Å²) in [5.41, 5.74) is 3.50. The zero-order chi connectivity index (χ0) is 16.1. The SMILES string of the molecule is Cc1nc(-c2cccc(B3OC(C)(C)C(C)(C)O3)c2)c(C)[nH]1. The van der Waals surface area contributed by atoms with Crippen LogP contribution < -0.4 is 5.46 Å². The molecule has 2 aromatic rings. The van der Waals surface area contributed by atoms with Crippen molar-refractivity contribution in [2.24, 2.45) is 0 Å². The molecule has 5 heteroatoms. The van der Waals surface area contributed by atoms with Crippen LogP contribution in [-0.4, -0.2) is 28.3 Å². The van der Waals surface area contributed by atoms with Gasteiger partial charge in [-0.3, -0.25) is 0 Å². The largest absolute Gasteiger partial charge is 0.494 e. The first-order valence-electron chi connectivity index (χ1n) is 7.69. The van der Waals surface area contributed by atoms with Gasteiger partial charge in [0, 0.05) is 11.3 Å². The molecule has 1 N–H and O–H groups in total. The van der Waals surface area contributed by atoms with Crippen molar-refractivity contribution in [3.63, 3.8) is 0 Å². The van der Waals surface area contributed by atoms with E-state index in [4.69, 9.17) is 9.31 Å². The first kappa shape index (κ1) is 15.3. The quantitative estimate of drug-likeness (QED) is 0.867. The summed E-state index contributed by atoms with van der Waals surface area (Å²) in [5.74, 6) is 0.925. The summed E-state index contributed by atoms with van der Waals surface area (Å²) in [6.45, 7) is 12.3. The Morgan fingerprint density at radius 3 is 2.23 bits per heavy atom. The predicted molar refractivity (Wildman–Crippen MR) is 89.2 cm³/mol. The summed E-state index contributed by atoms with van der Waals surface area (Å²) in [4.78, 5) is 7.82. The summed E-state index contributed by atoms with van der Waals surface area (Å²) >= 11 is 0. The maximum atomic E-state index is 6.13. The number of aryl methyl sites for hydroxylation is 2. The number of nitrogens with zero attached hydrogens (tertiary/aromatic N) is 1. The van der Waals surface area contributed by atoms with Crippen molar-refractivity contribution in [3.05, 3.63) is 35.8 Å². The van der Waals surface area contributed by atoms with Gasteiger partial charge in [0.15, 0.2) is 0 Å². The zero-order valence-corrected chi connectivity index (χ0v) is 14.2. The summed E-state index contributed by atoms with van der Waals surface area (Å²) in [6, 6.07) is 8.24. The van der Waals surface area contributed by atoms with Crippen molar-refractivity contribution in [1.82, 2.24) is 9.97 Å². The van der Waals surface area contributed by atoms with Crippen LogP contribution in [0, 0.1) is 13.8 Å². The van der Waals surface area contributed by atoms with E-state index in [2.05, 4.69) is 49.8 Å². The highest BCUT2D eigenvalue weighted by atomic mass is 16.7. The Morgan fingerprint density at radius 2 is 1.68 bits per heavy atom. The molecule has 0 aliphatic carbocycles. The van der Waals surface area contributed by atoms with Gasteiger partial charge in [0.25, 0.3) is 0 Å². The molecule has 3 rings (SSSR count). The lowest BCUT2D eigenvalue weighted by molar-refractivity contribution is 0.00578. The van der Waals surface area contributed by atoms with E-state index in [-0.39, 0.29) is 18.3 Å². The molecule has 0 bridgehead atoms. The van der Waals surface area contributed by atoms with Crippen molar-refractivity contribution >= 4 is 12.6 Å². The van der Waals surface area contributed by atoms with Crippen molar-refractivity contribution in [1.29, 1.82) is 0 Å². The van der Waals surface area contributed by atoms with Gasteiger partial charge in [-0.1, -0.05) is 24.3 Å². The molecule has 0 amide bonds. The van der Waals surface area contributed by atoms with Crippen molar-refractivity contribution in [3.8, 4) is 11.3 Å². The number of hydrogen-bond acceptors (Lipinski definition) is 3. The lowest BCUT2D eigenvalue weighted by atomic mass is 9.78. The molecule has 4 nitrogen and oxygen atoms in total. The minimum absolute atomic E-state index is 0.327. The lowest BCUT2D eigenvalue weighted by Gasteiger charge is -2.32. The molecule has 0 spiro atoms. The van der Waals surface area contributed by atoms with E-state index in [0.717, 1.165) is 28.2 Å². The molecule has 0 atom stereocenters. The van der Waals surface area contributed by atoms with Gasteiger partial charge in [-0.2, -0.15) is 0 Å². The second kappa shape index (κ2) is 4.96. The van der Waals surface area contributed by atoms with Crippen LogP contribution in [-0.2, 0) is 9.31 Å². The van der Waals surface area contributed by atoms with E-state index in [1.807, 2.05) is 26.0 Å². The van der Waals surface area contributed by atoms with Crippen molar-refractivity contribution in [2.45, 2.75) is 52.7 Å². The van der Waals surface area contributed by atoms with E-state index >= 15 is 0 Å². The average molecular weight is 298 g/mol. The lowest BCUT2D eigenvalue weighted by Crippen LogP contribution is -2.41. The van der Waals surface area contributed by atoms with Gasteiger partial charge in [-0.25, -0.2) is 4.98 Å². The zero-order valence-electron chi connectivity index (χ0n) is 14.2. The number of imidazole rings is 1. The van der Waals surface area contributed by atoms with Crippen LogP contribution in [0.1, 0.15) is 39.2 Å². The topological polar surface area (TPSA) is 47.1 Å². The van der Waals surface area contributed by atoms with E-state index in [0.29, 0.717) is 0 Å².